The molecule has 0 saturated heterocycles. The van der Waals surface area contributed by atoms with Crippen molar-refractivity contribution in [2.75, 3.05) is 5.32 Å². The Morgan fingerprint density at radius 3 is 2.33 bits per heavy atom. The maximum Gasteiger partial charge on any atom is 0.329 e. The number of hydrazone groups is 1. The maximum atomic E-state index is 11.7. The van der Waals surface area contributed by atoms with Gasteiger partial charge in [0.05, 0.1) is 16.9 Å². The summed E-state index contributed by atoms with van der Waals surface area (Å²) in [4.78, 5) is 23.2. The largest absolute Gasteiger partial charge is 0.329 e. The molecule has 0 fully saturated rings. The average Bonchev–Trinajstić information content (AvgIpc) is 2.50. The summed E-state index contributed by atoms with van der Waals surface area (Å²) in [6, 6.07) is 15.8. The quantitative estimate of drug-likeness (QED) is 0.519. The number of benzene rings is 2. The van der Waals surface area contributed by atoms with Crippen molar-refractivity contribution in [3.05, 3.63) is 65.2 Å². The molecule has 0 aliphatic carbocycles. The second-order valence-corrected chi connectivity index (χ2v) is 4.45. The zero-order valence-corrected chi connectivity index (χ0v) is 11.7. The monoisotopic (exact) mass is 301 g/mol. The summed E-state index contributed by atoms with van der Waals surface area (Å²) in [6.07, 6.45) is 1.45. The van der Waals surface area contributed by atoms with Crippen LogP contribution in [0.25, 0.3) is 0 Å². The van der Waals surface area contributed by atoms with Crippen molar-refractivity contribution in [3.63, 3.8) is 0 Å². The van der Waals surface area contributed by atoms with Crippen molar-refractivity contribution < 1.29 is 9.59 Å². The van der Waals surface area contributed by atoms with E-state index in [0.29, 0.717) is 10.7 Å². The molecule has 0 saturated carbocycles. The van der Waals surface area contributed by atoms with E-state index in [0.717, 1.165) is 5.56 Å². The van der Waals surface area contributed by atoms with E-state index in [1.807, 2.05) is 30.3 Å². The lowest BCUT2D eigenvalue weighted by Gasteiger charge is -2.05. The highest BCUT2D eigenvalue weighted by Crippen LogP contribution is 2.20. The normalized spacial score (nSPS) is 10.3. The Kier molecular flexibility index (Phi) is 5.06. The first-order valence-electron chi connectivity index (χ1n) is 6.11. The Hall–Kier alpha value is -2.66. The Balaban J connectivity index is 1.90. The molecule has 0 atom stereocenters. The van der Waals surface area contributed by atoms with Gasteiger partial charge in [-0.15, -0.1) is 0 Å². The number of anilines is 1. The average molecular weight is 302 g/mol. The van der Waals surface area contributed by atoms with Crippen molar-refractivity contribution in [3.8, 4) is 0 Å². The first kappa shape index (κ1) is 14.7. The van der Waals surface area contributed by atoms with Crippen molar-refractivity contribution in [1.29, 1.82) is 0 Å². The van der Waals surface area contributed by atoms with Crippen molar-refractivity contribution in [2.45, 2.75) is 0 Å². The van der Waals surface area contributed by atoms with Crippen LogP contribution in [0.15, 0.2) is 59.7 Å². The minimum Gasteiger partial charge on any atom is -0.316 e. The highest BCUT2D eigenvalue weighted by Gasteiger charge is 2.13. The van der Waals surface area contributed by atoms with Crippen molar-refractivity contribution >= 4 is 35.3 Å². The fourth-order valence-electron chi connectivity index (χ4n) is 1.50. The number of carbonyl (C=O) groups is 2. The smallest absolute Gasteiger partial charge is 0.316 e. The Bertz CT molecular complexity index is 672. The van der Waals surface area contributed by atoms with Gasteiger partial charge in [0.1, 0.15) is 0 Å². The molecule has 2 aromatic rings. The molecule has 2 N–H and O–H groups in total. The summed E-state index contributed by atoms with van der Waals surface area (Å²) >= 11 is 5.88. The molecule has 0 unspecified atom stereocenters. The summed E-state index contributed by atoms with van der Waals surface area (Å²) in [5.74, 6) is -1.71. The number of hydrogen-bond donors (Lipinski definition) is 2. The Morgan fingerprint density at radius 2 is 1.62 bits per heavy atom. The van der Waals surface area contributed by atoms with Crippen LogP contribution in [0.1, 0.15) is 5.56 Å². The molecule has 5 nitrogen and oxygen atoms in total. The number of nitrogens with zero attached hydrogens (tertiary/aromatic N) is 1. The molecule has 0 aliphatic heterocycles. The van der Waals surface area contributed by atoms with E-state index in [4.69, 9.17) is 11.6 Å². The van der Waals surface area contributed by atoms with Crippen LogP contribution in [-0.2, 0) is 9.59 Å². The van der Waals surface area contributed by atoms with E-state index < -0.39 is 11.8 Å². The van der Waals surface area contributed by atoms with Crippen molar-refractivity contribution in [1.82, 2.24) is 5.43 Å². The van der Waals surface area contributed by atoms with E-state index in [-0.39, 0.29) is 0 Å². The minimum atomic E-state index is -0.873. The standard InChI is InChI=1S/C15H12ClN3O2/c16-12-8-4-5-9-13(12)18-14(20)15(21)19-17-10-11-6-2-1-3-7-11/h1-10H,(H,18,20)(H,19,21)/b17-10-. The van der Waals surface area contributed by atoms with Gasteiger partial charge in [-0.25, -0.2) is 5.43 Å². The van der Waals surface area contributed by atoms with Crippen LogP contribution >= 0.6 is 11.6 Å². The summed E-state index contributed by atoms with van der Waals surface area (Å²) in [7, 11) is 0. The summed E-state index contributed by atoms with van der Waals surface area (Å²) in [5.41, 5.74) is 3.32. The number of halogens is 1. The van der Waals surface area contributed by atoms with Gasteiger partial charge in [-0.2, -0.15) is 5.10 Å². The molecule has 0 spiro atoms. The molecular weight excluding hydrogens is 290 g/mol. The van der Waals surface area contributed by atoms with Crippen LogP contribution in [-0.4, -0.2) is 18.0 Å². The zero-order chi connectivity index (χ0) is 15.1. The summed E-state index contributed by atoms with van der Waals surface area (Å²) < 4.78 is 0. The molecular formula is C15H12ClN3O2. The van der Waals surface area contributed by atoms with Gasteiger partial charge >= 0.3 is 11.8 Å². The second-order valence-electron chi connectivity index (χ2n) is 4.04. The van der Waals surface area contributed by atoms with Gasteiger partial charge in [-0.1, -0.05) is 54.1 Å². The SMILES string of the molecule is O=C(N/N=C\c1ccccc1)C(=O)Nc1ccccc1Cl. The molecule has 0 heterocycles. The Labute approximate surface area is 126 Å². The van der Waals surface area contributed by atoms with Crippen molar-refractivity contribution in [2.24, 2.45) is 5.10 Å². The number of amides is 2. The highest BCUT2D eigenvalue weighted by atomic mass is 35.5. The fraction of sp³-hybridized carbons (Fsp3) is 0. The van der Waals surface area contributed by atoms with Gasteiger partial charge in [-0.05, 0) is 17.7 Å². The molecule has 2 rings (SSSR count). The van der Waals surface area contributed by atoms with Gasteiger partial charge in [0, 0.05) is 0 Å². The molecule has 2 aromatic carbocycles. The lowest BCUT2D eigenvalue weighted by molar-refractivity contribution is -0.136. The molecule has 21 heavy (non-hydrogen) atoms. The van der Waals surface area contributed by atoms with Gasteiger partial charge in [0.2, 0.25) is 0 Å². The molecule has 2 amide bonds. The number of nitrogens with one attached hydrogen (secondary N) is 2. The number of hydrogen-bond acceptors (Lipinski definition) is 3. The number of carbonyl (C=O) groups excluding carboxylic acids is 2. The first-order valence-corrected chi connectivity index (χ1v) is 6.48. The van der Waals surface area contributed by atoms with E-state index in [1.165, 1.54) is 6.21 Å². The summed E-state index contributed by atoms with van der Waals surface area (Å²) in [5, 5.41) is 6.46. The van der Waals surface area contributed by atoms with E-state index in [9.17, 15) is 9.59 Å². The van der Waals surface area contributed by atoms with E-state index >= 15 is 0 Å². The molecule has 6 heteroatoms. The van der Waals surface area contributed by atoms with Crippen LogP contribution in [0.3, 0.4) is 0 Å². The second kappa shape index (κ2) is 7.21. The lowest BCUT2D eigenvalue weighted by atomic mass is 10.2. The van der Waals surface area contributed by atoms with Crippen LogP contribution in [0.5, 0.6) is 0 Å². The topological polar surface area (TPSA) is 70.6 Å². The number of rotatable bonds is 3. The molecule has 106 valence electrons. The number of para-hydroxylation sites is 1. The van der Waals surface area contributed by atoms with E-state index in [2.05, 4.69) is 15.8 Å². The lowest BCUT2D eigenvalue weighted by Crippen LogP contribution is -2.32. The minimum absolute atomic E-state index is 0.353. The van der Waals surface area contributed by atoms with Gasteiger partial charge in [0.25, 0.3) is 0 Å². The first-order chi connectivity index (χ1) is 10.2. The van der Waals surface area contributed by atoms with Crippen LogP contribution in [0.2, 0.25) is 5.02 Å². The predicted molar refractivity (Wildman–Crippen MR) is 82.3 cm³/mol. The predicted octanol–water partition coefficient (Wildman–Crippen LogP) is 2.43. The third-order valence-electron chi connectivity index (χ3n) is 2.51. The molecule has 0 bridgehead atoms. The van der Waals surface area contributed by atoms with Gasteiger partial charge in [0.15, 0.2) is 0 Å². The summed E-state index contributed by atoms with van der Waals surface area (Å²) in [6.45, 7) is 0. The molecule has 0 aliphatic rings. The fourth-order valence-corrected chi connectivity index (χ4v) is 1.68. The van der Waals surface area contributed by atoms with Gasteiger partial charge in [-0.3, -0.25) is 9.59 Å². The van der Waals surface area contributed by atoms with E-state index in [1.54, 1.807) is 24.3 Å². The van der Waals surface area contributed by atoms with Gasteiger partial charge < -0.3 is 5.32 Å². The van der Waals surface area contributed by atoms with Crippen LogP contribution in [0.4, 0.5) is 5.69 Å². The third kappa shape index (κ3) is 4.43. The third-order valence-corrected chi connectivity index (χ3v) is 2.84. The molecule has 0 radical (unpaired) electrons. The van der Waals surface area contributed by atoms with Crippen LogP contribution in [0, 0.1) is 0 Å². The van der Waals surface area contributed by atoms with Crippen LogP contribution < -0.4 is 10.7 Å². The Morgan fingerprint density at radius 1 is 0.952 bits per heavy atom. The maximum absolute atomic E-state index is 11.7. The zero-order valence-electron chi connectivity index (χ0n) is 10.9. The molecule has 0 aromatic heterocycles. The highest BCUT2D eigenvalue weighted by molar-refractivity contribution is 6.41.